The molecule has 6 heteroatoms. The molecule has 0 radical (unpaired) electrons. The molecule has 5 nitrogen and oxygen atoms in total. The fourth-order valence-electron chi connectivity index (χ4n) is 3.20. The average Bonchev–Trinajstić information content (AvgIpc) is 3.27. The highest BCUT2D eigenvalue weighted by molar-refractivity contribution is 7.15. The molecule has 2 aromatic carbocycles. The number of thiazole rings is 1. The Hall–Kier alpha value is -3.12. The molecule has 0 N–H and O–H groups in total. The van der Waals surface area contributed by atoms with E-state index in [4.69, 9.17) is 14.5 Å². The van der Waals surface area contributed by atoms with Crippen LogP contribution in [0.4, 0.5) is 0 Å². The first-order valence-electron chi connectivity index (χ1n) is 8.26. The van der Waals surface area contributed by atoms with Gasteiger partial charge in [-0.1, -0.05) is 30.3 Å². The standard InChI is InChI=1S/C20H14N2O3S/c23-11-15-19(14-6-7-17-18(10-14)25-9-8-24-17)21-20-22(15)16(12-26-20)13-4-2-1-3-5-13/h1-7,10-12H,8-9H2. The minimum absolute atomic E-state index is 0.521. The predicted molar refractivity (Wildman–Crippen MR) is 100 cm³/mol. The van der Waals surface area contributed by atoms with Crippen molar-refractivity contribution < 1.29 is 14.3 Å². The quantitative estimate of drug-likeness (QED) is 0.510. The Labute approximate surface area is 153 Å². The number of aldehydes is 1. The highest BCUT2D eigenvalue weighted by atomic mass is 32.1. The van der Waals surface area contributed by atoms with Gasteiger partial charge in [-0.15, -0.1) is 11.3 Å². The maximum Gasteiger partial charge on any atom is 0.195 e. The lowest BCUT2D eigenvalue weighted by Gasteiger charge is -2.18. The summed E-state index contributed by atoms with van der Waals surface area (Å²) in [4.78, 5) is 17.4. The largest absolute Gasteiger partial charge is 0.486 e. The summed E-state index contributed by atoms with van der Waals surface area (Å²) in [6, 6.07) is 15.7. The Balaban J connectivity index is 1.70. The Bertz CT molecular complexity index is 1120. The van der Waals surface area contributed by atoms with E-state index in [2.05, 4.69) is 0 Å². The number of fused-ring (bicyclic) bond motifs is 2. The Morgan fingerprint density at radius 2 is 1.81 bits per heavy atom. The highest BCUT2D eigenvalue weighted by Gasteiger charge is 2.20. The van der Waals surface area contributed by atoms with Crippen molar-refractivity contribution >= 4 is 22.6 Å². The van der Waals surface area contributed by atoms with E-state index in [0.717, 1.165) is 33.8 Å². The van der Waals surface area contributed by atoms with Gasteiger partial charge in [0.15, 0.2) is 22.7 Å². The number of carbonyl (C=O) groups excluding carboxylic acids is 1. The van der Waals surface area contributed by atoms with Crippen molar-refractivity contribution in [3.05, 3.63) is 59.6 Å². The van der Waals surface area contributed by atoms with Crippen LogP contribution in [-0.4, -0.2) is 28.9 Å². The summed E-state index contributed by atoms with van der Waals surface area (Å²) in [6.07, 6.45) is 0.866. The molecule has 3 heterocycles. The summed E-state index contributed by atoms with van der Waals surface area (Å²) >= 11 is 1.52. The van der Waals surface area contributed by atoms with Crippen molar-refractivity contribution in [3.8, 4) is 34.0 Å². The van der Waals surface area contributed by atoms with Crippen LogP contribution < -0.4 is 9.47 Å². The minimum Gasteiger partial charge on any atom is -0.486 e. The second-order valence-corrected chi connectivity index (χ2v) is 6.76. The molecular formula is C20H14N2O3S. The van der Waals surface area contributed by atoms with E-state index in [0.29, 0.717) is 30.4 Å². The summed E-state index contributed by atoms with van der Waals surface area (Å²) in [5, 5.41) is 2.03. The van der Waals surface area contributed by atoms with E-state index in [1.807, 2.05) is 58.3 Å². The first-order valence-corrected chi connectivity index (χ1v) is 9.13. The van der Waals surface area contributed by atoms with Crippen molar-refractivity contribution in [1.82, 2.24) is 9.38 Å². The fraction of sp³-hybridized carbons (Fsp3) is 0.100. The third-order valence-electron chi connectivity index (χ3n) is 4.40. The second-order valence-electron chi connectivity index (χ2n) is 5.93. The molecule has 0 amide bonds. The molecule has 1 aliphatic rings. The number of carbonyl (C=O) groups is 1. The Morgan fingerprint density at radius 3 is 2.62 bits per heavy atom. The maximum absolute atomic E-state index is 11.9. The molecule has 0 aliphatic carbocycles. The Morgan fingerprint density at radius 1 is 1.00 bits per heavy atom. The van der Waals surface area contributed by atoms with Gasteiger partial charge in [-0.2, -0.15) is 0 Å². The predicted octanol–water partition coefficient (Wildman–Crippen LogP) is 4.31. The number of hydrogen-bond acceptors (Lipinski definition) is 5. The van der Waals surface area contributed by atoms with Gasteiger partial charge in [0.2, 0.25) is 0 Å². The van der Waals surface area contributed by atoms with E-state index in [1.165, 1.54) is 11.3 Å². The molecule has 128 valence electrons. The number of ether oxygens (including phenoxy) is 2. The van der Waals surface area contributed by atoms with E-state index >= 15 is 0 Å². The van der Waals surface area contributed by atoms with Crippen molar-refractivity contribution in [2.24, 2.45) is 0 Å². The molecule has 4 aromatic rings. The van der Waals surface area contributed by atoms with Gasteiger partial charge >= 0.3 is 0 Å². The van der Waals surface area contributed by atoms with Gasteiger partial charge in [-0.25, -0.2) is 4.98 Å². The number of rotatable bonds is 3. The zero-order chi connectivity index (χ0) is 17.5. The smallest absolute Gasteiger partial charge is 0.195 e. The van der Waals surface area contributed by atoms with Crippen LogP contribution in [0.25, 0.3) is 27.5 Å². The van der Waals surface area contributed by atoms with Crippen molar-refractivity contribution in [2.45, 2.75) is 0 Å². The van der Waals surface area contributed by atoms with Crippen LogP contribution >= 0.6 is 11.3 Å². The zero-order valence-corrected chi connectivity index (χ0v) is 14.5. The summed E-state index contributed by atoms with van der Waals surface area (Å²) in [7, 11) is 0. The summed E-state index contributed by atoms with van der Waals surface area (Å²) in [5.74, 6) is 1.41. The lowest BCUT2D eigenvalue weighted by Crippen LogP contribution is -2.15. The third-order valence-corrected chi connectivity index (χ3v) is 5.22. The van der Waals surface area contributed by atoms with Crippen molar-refractivity contribution in [1.29, 1.82) is 0 Å². The molecule has 0 atom stereocenters. The molecule has 1 aliphatic heterocycles. The molecule has 2 aromatic heterocycles. The van der Waals surface area contributed by atoms with Gasteiger partial charge < -0.3 is 9.47 Å². The van der Waals surface area contributed by atoms with Gasteiger partial charge in [0.1, 0.15) is 24.6 Å². The molecule has 0 spiro atoms. The highest BCUT2D eigenvalue weighted by Crippen LogP contribution is 2.37. The molecule has 0 fully saturated rings. The average molecular weight is 362 g/mol. The molecule has 26 heavy (non-hydrogen) atoms. The first kappa shape index (κ1) is 15.2. The van der Waals surface area contributed by atoms with E-state index in [1.54, 1.807) is 0 Å². The van der Waals surface area contributed by atoms with Crippen LogP contribution in [0.3, 0.4) is 0 Å². The van der Waals surface area contributed by atoms with Gasteiger partial charge in [0.05, 0.1) is 5.69 Å². The normalized spacial score (nSPS) is 13.1. The monoisotopic (exact) mass is 362 g/mol. The lowest BCUT2D eigenvalue weighted by atomic mass is 10.1. The minimum atomic E-state index is 0.521. The Kier molecular flexibility index (Phi) is 3.50. The lowest BCUT2D eigenvalue weighted by molar-refractivity contribution is 0.111. The zero-order valence-electron chi connectivity index (χ0n) is 13.7. The first-order chi connectivity index (χ1) is 12.8. The van der Waals surface area contributed by atoms with Crippen LogP contribution in [0.2, 0.25) is 0 Å². The molecule has 0 bridgehead atoms. The molecule has 5 rings (SSSR count). The number of aromatic nitrogens is 2. The summed E-state index contributed by atoms with van der Waals surface area (Å²) in [5.41, 5.74) is 4.04. The SMILES string of the molecule is O=Cc1c(-c2ccc3c(c2)OCCO3)nc2scc(-c3ccccc3)n12. The topological polar surface area (TPSA) is 52.8 Å². The number of imidazole rings is 1. The molecule has 0 saturated heterocycles. The van der Waals surface area contributed by atoms with Crippen LogP contribution in [-0.2, 0) is 0 Å². The second kappa shape index (κ2) is 6.00. The van der Waals surface area contributed by atoms with Crippen LogP contribution in [0, 0.1) is 0 Å². The van der Waals surface area contributed by atoms with Gasteiger partial charge in [0.25, 0.3) is 0 Å². The molecule has 0 saturated carbocycles. The van der Waals surface area contributed by atoms with Crippen molar-refractivity contribution in [2.75, 3.05) is 13.2 Å². The molecule has 0 unspecified atom stereocenters. The van der Waals surface area contributed by atoms with E-state index < -0.39 is 0 Å². The van der Waals surface area contributed by atoms with Crippen LogP contribution in [0.5, 0.6) is 11.5 Å². The maximum atomic E-state index is 11.9. The number of benzene rings is 2. The van der Waals surface area contributed by atoms with Crippen LogP contribution in [0.1, 0.15) is 10.5 Å². The number of nitrogens with zero attached hydrogens (tertiary/aromatic N) is 2. The molecular weight excluding hydrogens is 348 g/mol. The van der Waals surface area contributed by atoms with Gasteiger partial charge in [0, 0.05) is 10.9 Å². The van der Waals surface area contributed by atoms with E-state index in [9.17, 15) is 4.79 Å². The fourth-order valence-corrected chi connectivity index (χ4v) is 4.11. The summed E-state index contributed by atoms with van der Waals surface area (Å²) in [6.45, 7) is 1.07. The van der Waals surface area contributed by atoms with E-state index in [-0.39, 0.29) is 0 Å². The van der Waals surface area contributed by atoms with Crippen LogP contribution in [0.15, 0.2) is 53.9 Å². The third kappa shape index (κ3) is 2.30. The van der Waals surface area contributed by atoms with Gasteiger partial charge in [-0.05, 0) is 23.8 Å². The van der Waals surface area contributed by atoms with Crippen molar-refractivity contribution in [3.63, 3.8) is 0 Å². The summed E-state index contributed by atoms with van der Waals surface area (Å²) < 4.78 is 13.2. The number of hydrogen-bond donors (Lipinski definition) is 0. The van der Waals surface area contributed by atoms with Gasteiger partial charge in [-0.3, -0.25) is 9.20 Å².